The molecule has 0 aliphatic heterocycles. The predicted octanol–water partition coefficient (Wildman–Crippen LogP) is 6.84. The monoisotopic (exact) mass is 598 g/mol. The maximum atomic E-state index is 13.3. The van der Waals surface area contributed by atoms with Crippen LogP contribution < -0.4 is 0 Å². The first-order valence-electron chi connectivity index (χ1n) is 11.9. The zero-order valence-corrected chi connectivity index (χ0v) is 24.1. The standard InChI is InChI=1S/C28H23ClN2O7S2/c1-4-37-27(33)25-16(3)26(28(34)38-5-2)40-24(25)14-22(32)18(15-30)12-17-13-20(31(35)36)8-11-23(17)39-21-9-6-19(29)7-10-21/h6-13H,4-5,14H2,1-3H3/b18-12-. The molecular formula is C28H23ClN2O7S2. The van der Waals surface area contributed by atoms with Crippen molar-refractivity contribution in [3.05, 3.63) is 89.6 Å². The van der Waals surface area contributed by atoms with E-state index in [1.807, 2.05) is 6.07 Å². The number of hydrogen-bond acceptors (Lipinski definition) is 10. The minimum atomic E-state index is -0.697. The third kappa shape index (κ3) is 7.35. The number of allylic oxidation sites excluding steroid dienone is 1. The summed E-state index contributed by atoms with van der Waals surface area (Å²) in [5, 5.41) is 21.8. The fourth-order valence-electron chi connectivity index (χ4n) is 3.62. The molecule has 0 saturated carbocycles. The molecule has 0 unspecified atom stereocenters. The summed E-state index contributed by atoms with van der Waals surface area (Å²) in [6, 6.07) is 13.0. The molecule has 40 heavy (non-hydrogen) atoms. The first kappa shape index (κ1) is 30.6. The van der Waals surface area contributed by atoms with E-state index in [4.69, 9.17) is 21.1 Å². The number of nitro benzene ring substituents is 1. The highest BCUT2D eigenvalue weighted by Gasteiger charge is 2.28. The number of nitro groups is 1. The number of Topliss-reactive ketones (excluding diaryl/α,β-unsaturated/α-hetero) is 1. The average Bonchev–Trinajstić information content (AvgIpc) is 3.24. The second-order valence-corrected chi connectivity index (χ2v) is 10.8. The molecule has 0 saturated heterocycles. The zero-order valence-electron chi connectivity index (χ0n) is 21.7. The van der Waals surface area contributed by atoms with Gasteiger partial charge in [-0.3, -0.25) is 14.9 Å². The molecule has 0 atom stereocenters. The largest absolute Gasteiger partial charge is 0.462 e. The highest BCUT2D eigenvalue weighted by Crippen LogP contribution is 2.35. The fraction of sp³-hybridized carbons (Fsp3) is 0.214. The Morgan fingerprint density at radius 2 is 1.75 bits per heavy atom. The van der Waals surface area contributed by atoms with Gasteiger partial charge in [0, 0.05) is 38.2 Å². The van der Waals surface area contributed by atoms with Gasteiger partial charge >= 0.3 is 11.9 Å². The van der Waals surface area contributed by atoms with Crippen LogP contribution in [0, 0.1) is 28.4 Å². The van der Waals surface area contributed by atoms with Gasteiger partial charge in [0.25, 0.3) is 5.69 Å². The van der Waals surface area contributed by atoms with E-state index in [1.54, 1.807) is 45.0 Å². The first-order chi connectivity index (χ1) is 19.1. The van der Waals surface area contributed by atoms with Gasteiger partial charge in [-0.05, 0) is 68.3 Å². The Morgan fingerprint density at radius 3 is 2.35 bits per heavy atom. The highest BCUT2D eigenvalue weighted by atomic mass is 35.5. The van der Waals surface area contributed by atoms with Crippen molar-refractivity contribution in [2.75, 3.05) is 13.2 Å². The van der Waals surface area contributed by atoms with Gasteiger partial charge in [0.15, 0.2) is 5.78 Å². The minimum absolute atomic E-state index is 0.0786. The second-order valence-electron chi connectivity index (χ2n) is 8.10. The van der Waals surface area contributed by atoms with Gasteiger partial charge in [-0.15, -0.1) is 11.3 Å². The molecule has 0 spiro atoms. The third-order valence-electron chi connectivity index (χ3n) is 5.45. The number of benzene rings is 2. The Labute approximate surface area is 243 Å². The third-order valence-corrected chi connectivity index (χ3v) is 8.07. The smallest absolute Gasteiger partial charge is 0.348 e. The van der Waals surface area contributed by atoms with E-state index in [1.165, 1.54) is 36.0 Å². The summed E-state index contributed by atoms with van der Waals surface area (Å²) in [7, 11) is 0. The Kier molecular flexibility index (Phi) is 10.6. The first-order valence-corrected chi connectivity index (χ1v) is 13.9. The maximum absolute atomic E-state index is 13.3. The molecule has 12 heteroatoms. The summed E-state index contributed by atoms with van der Waals surface area (Å²) in [5.74, 6) is -1.97. The van der Waals surface area contributed by atoms with Gasteiger partial charge in [0.1, 0.15) is 10.9 Å². The topological polar surface area (TPSA) is 137 Å². The summed E-state index contributed by atoms with van der Waals surface area (Å²) in [6.07, 6.45) is 0.914. The Balaban J connectivity index is 2.03. The lowest BCUT2D eigenvalue weighted by Crippen LogP contribution is -2.12. The molecular weight excluding hydrogens is 576 g/mol. The lowest BCUT2D eigenvalue weighted by molar-refractivity contribution is -0.384. The molecule has 1 heterocycles. The van der Waals surface area contributed by atoms with Crippen molar-refractivity contribution in [3.8, 4) is 6.07 Å². The lowest BCUT2D eigenvalue weighted by atomic mass is 10.0. The van der Waals surface area contributed by atoms with Crippen molar-refractivity contribution in [1.29, 1.82) is 5.26 Å². The van der Waals surface area contributed by atoms with E-state index in [0.29, 0.717) is 21.0 Å². The van der Waals surface area contributed by atoms with Crippen LogP contribution in [0.25, 0.3) is 6.08 Å². The van der Waals surface area contributed by atoms with Crippen LogP contribution in [0.2, 0.25) is 5.02 Å². The number of hydrogen-bond donors (Lipinski definition) is 0. The molecule has 0 N–H and O–H groups in total. The highest BCUT2D eigenvalue weighted by molar-refractivity contribution is 7.99. The van der Waals surface area contributed by atoms with Crippen LogP contribution >= 0.6 is 34.7 Å². The molecule has 0 aliphatic rings. The number of thiophene rings is 1. The number of carbonyl (C=O) groups is 3. The van der Waals surface area contributed by atoms with E-state index in [9.17, 15) is 29.8 Å². The number of halogens is 1. The molecule has 2 aromatic carbocycles. The molecule has 0 aliphatic carbocycles. The molecule has 0 bridgehead atoms. The molecule has 9 nitrogen and oxygen atoms in total. The van der Waals surface area contributed by atoms with Crippen LogP contribution in [-0.2, 0) is 20.7 Å². The van der Waals surface area contributed by atoms with Crippen molar-refractivity contribution in [2.45, 2.75) is 37.0 Å². The maximum Gasteiger partial charge on any atom is 0.348 e. The van der Waals surface area contributed by atoms with Crippen LogP contribution in [0.3, 0.4) is 0 Å². The number of nitriles is 1. The van der Waals surface area contributed by atoms with Gasteiger partial charge < -0.3 is 9.47 Å². The molecule has 3 rings (SSSR count). The van der Waals surface area contributed by atoms with Crippen molar-refractivity contribution >= 4 is 64.2 Å². The van der Waals surface area contributed by atoms with Crippen molar-refractivity contribution in [3.63, 3.8) is 0 Å². The fourth-order valence-corrected chi connectivity index (χ4v) is 5.83. The van der Waals surface area contributed by atoms with E-state index in [-0.39, 0.29) is 46.2 Å². The second kappa shape index (κ2) is 13.9. The summed E-state index contributed by atoms with van der Waals surface area (Å²) < 4.78 is 10.2. The van der Waals surface area contributed by atoms with Crippen molar-refractivity contribution in [1.82, 2.24) is 0 Å². The molecule has 1 aromatic heterocycles. The number of rotatable bonds is 11. The van der Waals surface area contributed by atoms with E-state index in [0.717, 1.165) is 16.2 Å². The molecule has 0 radical (unpaired) electrons. The molecule has 206 valence electrons. The Bertz CT molecular complexity index is 1540. The normalized spacial score (nSPS) is 11.0. The zero-order chi connectivity index (χ0) is 29.4. The number of nitrogens with zero attached hydrogens (tertiary/aromatic N) is 2. The molecule has 0 amide bonds. The van der Waals surface area contributed by atoms with Crippen molar-refractivity contribution in [2.24, 2.45) is 0 Å². The van der Waals surface area contributed by atoms with Gasteiger partial charge in [0.05, 0.1) is 29.3 Å². The Hall–Kier alpha value is -3.98. The van der Waals surface area contributed by atoms with Gasteiger partial charge in [0.2, 0.25) is 0 Å². The van der Waals surface area contributed by atoms with Crippen LogP contribution in [0.1, 0.15) is 49.9 Å². The van der Waals surface area contributed by atoms with Gasteiger partial charge in [-0.25, -0.2) is 9.59 Å². The van der Waals surface area contributed by atoms with Crippen LogP contribution in [0.4, 0.5) is 5.69 Å². The van der Waals surface area contributed by atoms with Crippen molar-refractivity contribution < 1.29 is 28.8 Å². The van der Waals surface area contributed by atoms with E-state index < -0.39 is 22.6 Å². The SMILES string of the molecule is CCOC(=O)c1sc(CC(=O)/C(C#N)=C\c2cc([N+](=O)[O-])ccc2Sc2ccc(Cl)cc2)c(C(=O)OCC)c1C. The van der Waals surface area contributed by atoms with Crippen LogP contribution in [-0.4, -0.2) is 35.9 Å². The summed E-state index contributed by atoms with van der Waals surface area (Å²) in [5.41, 5.74) is 0.202. The minimum Gasteiger partial charge on any atom is -0.462 e. The summed E-state index contributed by atoms with van der Waals surface area (Å²) in [6.45, 7) is 5.05. The Morgan fingerprint density at radius 1 is 1.10 bits per heavy atom. The van der Waals surface area contributed by atoms with Crippen LogP contribution in [0.15, 0.2) is 57.8 Å². The van der Waals surface area contributed by atoms with Crippen LogP contribution in [0.5, 0.6) is 0 Å². The lowest BCUT2D eigenvalue weighted by Gasteiger charge is -2.08. The number of esters is 2. The van der Waals surface area contributed by atoms with Gasteiger partial charge in [-0.2, -0.15) is 5.26 Å². The molecule has 0 fully saturated rings. The number of ether oxygens (including phenoxy) is 2. The summed E-state index contributed by atoms with van der Waals surface area (Å²) >= 11 is 8.17. The summed E-state index contributed by atoms with van der Waals surface area (Å²) in [4.78, 5) is 51.1. The number of carbonyl (C=O) groups excluding carboxylic acids is 3. The number of non-ortho nitro benzene ring substituents is 1. The molecule has 3 aromatic rings. The van der Waals surface area contributed by atoms with E-state index in [2.05, 4.69) is 0 Å². The van der Waals surface area contributed by atoms with E-state index >= 15 is 0 Å². The average molecular weight is 599 g/mol. The predicted molar refractivity (Wildman–Crippen MR) is 152 cm³/mol. The number of ketones is 1. The quantitative estimate of drug-likeness (QED) is 0.0763. The van der Waals surface area contributed by atoms with Gasteiger partial charge in [-0.1, -0.05) is 23.4 Å².